The molecule has 2 saturated heterocycles. The predicted octanol–water partition coefficient (Wildman–Crippen LogP) is 0.747. The summed E-state index contributed by atoms with van der Waals surface area (Å²) in [7, 11) is 3.10. The van der Waals surface area contributed by atoms with Crippen molar-refractivity contribution in [1.82, 2.24) is 9.80 Å². The smallest absolute Gasteiger partial charge is 0.228 e. The van der Waals surface area contributed by atoms with E-state index in [2.05, 4.69) is 0 Å². The zero-order valence-corrected chi connectivity index (χ0v) is 15.9. The molecule has 0 saturated carbocycles. The summed E-state index contributed by atoms with van der Waals surface area (Å²) in [6, 6.07) is 5.26. The summed E-state index contributed by atoms with van der Waals surface area (Å²) in [5, 5.41) is 0. The van der Waals surface area contributed by atoms with E-state index in [9.17, 15) is 14.4 Å². The van der Waals surface area contributed by atoms with Gasteiger partial charge in [0.05, 0.1) is 25.8 Å². The summed E-state index contributed by atoms with van der Waals surface area (Å²) in [4.78, 5) is 41.9. The first kappa shape index (κ1) is 19.0. The normalized spacial score (nSPS) is 20.0. The van der Waals surface area contributed by atoms with Crippen molar-refractivity contribution in [2.24, 2.45) is 5.92 Å². The molecule has 1 aromatic carbocycles. The van der Waals surface area contributed by atoms with Crippen LogP contribution in [0.1, 0.15) is 13.3 Å². The Morgan fingerprint density at radius 2 is 1.70 bits per heavy atom. The lowest BCUT2D eigenvalue weighted by molar-refractivity contribution is -0.141. The second-order valence-electron chi connectivity index (χ2n) is 6.77. The molecule has 0 spiro atoms. The maximum Gasteiger partial charge on any atom is 0.228 e. The summed E-state index contributed by atoms with van der Waals surface area (Å²) >= 11 is 0. The molecule has 2 aliphatic rings. The highest BCUT2D eigenvalue weighted by atomic mass is 16.5. The monoisotopic (exact) mass is 375 g/mol. The van der Waals surface area contributed by atoms with Crippen LogP contribution in [0.5, 0.6) is 11.5 Å². The molecule has 8 nitrogen and oxygen atoms in total. The van der Waals surface area contributed by atoms with E-state index in [1.54, 1.807) is 40.0 Å². The number of carbonyl (C=O) groups is 3. The number of hydrogen-bond acceptors (Lipinski definition) is 5. The highest BCUT2D eigenvalue weighted by molar-refractivity contribution is 6.01. The Bertz CT molecular complexity index is 743. The molecule has 3 amide bonds. The van der Waals surface area contributed by atoms with Crippen LogP contribution in [-0.4, -0.2) is 74.5 Å². The van der Waals surface area contributed by atoms with Crippen LogP contribution >= 0.6 is 0 Å². The molecule has 1 atom stereocenters. The zero-order valence-electron chi connectivity index (χ0n) is 15.9. The van der Waals surface area contributed by atoms with E-state index in [1.165, 1.54) is 14.0 Å². The minimum absolute atomic E-state index is 0.0240. The maximum atomic E-state index is 12.8. The third-order valence-electron chi connectivity index (χ3n) is 5.19. The molecule has 3 rings (SSSR count). The lowest BCUT2D eigenvalue weighted by Crippen LogP contribution is -2.51. The molecule has 146 valence electrons. The lowest BCUT2D eigenvalue weighted by Gasteiger charge is -2.35. The Balaban J connectivity index is 1.69. The molecule has 0 aliphatic carbocycles. The summed E-state index contributed by atoms with van der Waals surface area (Å²) in [6.07, 6.45) is 0.181. The predicted molar refractivity (Wildman–Crippen MR) is 98.8 cm³/mol. The summed E-state index contributed by atoms with van der Waals surface area (Å²) < 4.78 is 10.6. The van der Waals surface area contributed by atoms with Gasteiger partial charge in [-0.1, -0.05) is 0 Å². The molecule has 1 unspecified atom stereocenters. The lowest BCUT2D eigenvalue weighted by atomic mass is 10.1. The van der Waals surface area contributed by atoms with Gasteiger partial charge >= 0.3 is 0 Å². The van der Waals surface area contributed by atoms with Crippen molar-refractivity contribution in [2.45, 2.75) is 13.3 Å². The number of amides is 3. The Morgan fingerprint density at radius 1 is 1.04 bits per heavy atom. The zero-order chi connectivity index (χ0) is 19.6. The number of benzene rings is 1. The molecule has 2 heterocycles. The van der Waals surface area contributed by atoms with Gasteiger partial charge in [-0.15, -0.1) is 0 Å². The van der Waals surface area contributed by atoms with E-state index < -0.39 is 0 Å². The number of hydrogen-bond donors (Lipinski definition) is 0. The number of piperazine rings is 1. The SMILES string of the molecule is COc1ccc(N2CC(C(=O)N3CCN(C(C)=O)CC3)CC2=O)c(OC)c1. The number of methoxy groups -OCH3 is 2. The molecule has 2 aliphatic heterocycles. The second-order valence-corrected chi connectivity index (χ2v) is 6.77. The minimum atomic E-state index is -0.381. The first-order valence-electron chi connectivity index (χ1n) is 9.01. The van der Waals surface area contributed by atoms with Crippen molar-refractivity contribution in [2.75, 3.05) is 51.8 Å². The van der Waals surface area contributed by atoms with E-state index in [0.717, 1.165) is 0 Å². The highest BCUT2D eigenvalue weighted by Crippen LogP contribution is 2.36. The minimum Gasteiger partial charge on any atom is -0.497 e. The first-order chi connectivity index (χ1) is 12.9. The number of carbonyl (C=O) groups excluding carboxylic acids is 3. The molecule has 1 aromatic rings. The molecule has 0 bridgehead atoms. The van der Waals surface area contributed by atoms with Crippen LogP contribution in [0.3, 0.4) is 0 Å². The molecule has 8 heteroatoms. The summed E-state index contributed by atoms with van der Waals surface area (Å²) in [5.74, 6) is 0.689. The standard InChI is InChI=1S/C19H25N3O5/c1-13(23)20-6-8-21(9-7-20)19(25)14-10-18(24)22(12-14)16-5-4-15(26-2)11-17(16)27-3/h4-5,11,14H,6-10,12H2,1-3H3. The Morgan fingerprint density at radius 3 is 2.30 bits per heavy atom. The van der Waals surface area contributed by atoms with Gasteiger partial charge in [0.25, 0.3) is 0 Å². The van der Waals surface area contributed by atoms with Crippen molar-refractivity contribution in [3.05, 3.63) is 18.2 Å². The van der Waals surface area contributed by atoms with Gasteiger partial charge in [0.2, 0.25) is 17.7 Å². The van der Waals surface area contributed by atoms with Crippen molar-refractivity contribution in [3.8, 4) is 11.5 Å². The van der Waals surface area contributed by atoms with Crippen molar-refractivity contribution in [1.29, 1.82) is 0 Å². The third kappa shape index (κ3) is 3.84. The Labute approximate surface area is 158 Å². The molecule has 0 radical (unpaired) electrons. The van der Waals surface area contributed by atoms with E-state index in [0.29, 0.717) is 49.9 Å². The number of nitrogens with zero attached hydrogens (tertiary/aromatic N) is 3. The van der Waals surface area contributed by atoms with Gasteiger partial charge in [-0.25, -0.2) is 0 Å². The van der Waals surface area contributed by atoms with E-state index in [-0.39, 0.29) is 30.1 Å². The van der Waals surface area contributed by atoms with Crippen LogP contribution in [0.2, 0.25) is 0 Å². The quantitative estimate of drug-likeness (QED) is 0.776. The van der Waals surface area contributed by atoms with Gasteiger partial charge in [0.1, 0.15) is 11.5 Å². The van der Waals surface area contributed by atoms with Gasteiger partial charge < -0.3 is 24.2 Å². The van der Waals surface area contributed by atoms with Crippen LogP contribution in [0.15, 0.2) is 18.2 Å². The molecular formula is C19H25N3O5. The van der Waals surface area contributed by atoms with Crippen LogP contribution < -0.4 is 14.4 Å². The van der Waals surface area contributed by atoms with E-state index in [1.807, 2.05) is 0 Å². The van der Waals surface area contributed by atoms with Crippen LogP contribution in [0, 0.1) is 5.92 Å². The van der Waals surface area contributed by atoms with E-state index >= 15 is 0 Å². The third-order valence-corrected chi connectivity index (χ3v) is 5.19. The number of rotatable bonds is 4. The molecule has 2 fully saturated rings. The average molecular weight is 375 g/mol. The summed E-state index contributed by atoms with van der Waals surface area (Å²) in [5.41, 5.74) is 0.639. The fourth-order valence-electron chi connectivity index (χ4n) is 3.61. The Kier molecular flexibility index (Phi) is 5.53. The number of anilines is 1. The van der Waals surface area contributed by atoms with Gasteiger partial charge in [0.15, 0.2) is 0 Å². The fraction of sp³-hybridized carbons (Fsp3) is 0.526. The fourth-order valence-corrected chi connectivity index (χ4v) is 3.61. The highest BCUT2D eigenvalue weighted by Gasteiger charge is 2.39. The molecule has 0 aromatic heterocycles. The van der Waals surface area contributed by atoms with Crippen molar-refractivity contribution < 1.29 is 23.9 Å². The van der Waals surface area contributed by atoms with Gasteiger partial charge in [0, 0.05) is 52.1 Å². The average Bonchev–Trinajstić information content (AvgIpc) is 3.08. The number of ether oxygens (including phenoxy) is 2. The summed E-state index contributed by atoms with van der Waals surface area (Å²) in [6.45, 7) is 3.96. The van der Waals surface area contributed by atoms with Crippen molar-refractivity contribution >= 4 is 23.4 Å². The van der Waals surface area contributed by atoms with Gasteiger partial charge in [-0.05, 0) is 12.1 Å². The molecular weight excluding hydrogens is 350 g/mol. The van der Waals surface area contributed by atoms with Crippen LogP contribution in [-0.2, 0) is 14.4 Å². The van der Waals surface area contributed by atoms with Crippen LogP contribution in [0.4, 0.5) is 5.69 Å². The topological polar surface area (TPSA) is 79.4 Å². The first-order valence-corrected chi connectivity index (χ1v) is 9.01. The van der Waals surface area contributed by atoms with Crippen LogP contribution in [0.25, 0.3) is 0 Å². The van der Waals surface area contributed by atoms with Gasteiger partial charge in [-0.3, -0.25) is 14.4 Å². The molecule has 27 heavy (non-hydrogen) atoms. The Hall–Kier alpha value is -2.77. The largest absolute Gasteiger partial charge is 0.497 e. The maximum absolute atomic E-state index is 12.8. The van der Waals surface area contributed by atoms with Gasteiger partial charge in [-0.2, -0.15) is 0 Å². The van der Waals surface area contributed by atoms with Crippen molar-refractivity contribution in [3.63, 3.8) is 0 Å². The second kappa shape index (κ2) is 7.85. The molecule has 0 N–H and O–H groups in total. The van der Waals surface area contributed by atoms with E-state index in [4.69, 9.17) is 9.47 Å².